The molecule has 0 N–H and O–H groups in total. The van der Waals surface area contributed by atoms with Crippen LogP contribution in [0.1, 0.15) is 41.9 Å². The summed E-state index contributed by atoms with van der Waals surface area (Å²) >= 11 is 0. The maximum absolute atomic E-state index is 12.9. The summed E-state index contributed by atoms with van der Waals surface area (Å²) in [6.07, 6.45) is 9.44. The Kier molecular flexibility index (Phi) is 4.56. The topological polar surface area (TPSA) is 56.0 Å². The first-order chi connectivity index (χ1) is 12.8. The highest BCUT2D eigenvalue weighted by atomic mass is 16.2. The molecule has 0 bridgehead atoms. The molecule has 0 spiro atoms. The first kappa shape index (κ1) is 16.6. The maximum Gasteiger partial charge on any atom is 0.253 e. The number of rotatable bonds is 4. The molecule has 0 saturated carbocycles. The van der Waals surface area contributed by atoms with Gasteiger partial charge in [0.25, 0.3) is 5.91 Å². The predicted molar refractivity (Wildman–Crippen MR) is 99.3 cm³/mol. The molecule has 1 saturated heterocycles. The van der Waals surface area contributed by atoms with Gasteiger partial charge < -0.3 is 9.47 Å². The molecule has 4 rings (SSSR count). The molecule has 0 radical (unpaired) electrons. The SMILES string of the molecule is CCn1ccnc1C1CCN(C(=O)c2cccc(-n3cccn3)c2)CC1. The Morgan fingerprint density at radius 2 is 2.00 bits per heavy atom. The first-order valence-corrected chi connectivity index (χ1v) is 9.16. The van der Waals surface area contributed by atoms with E-state index in [2.05, 4.69) is 21.6 Å². The van der Waals surface area contributed by atoms with Crippen LogP contribution in [0.5, 0.6) is 0 Å². The van der Waals surface area contributed by atoms with E-state index in [9.17, 15) is 4.79 Å². The van der Waals surface area contributed by atoms with Gasteiger partial charge in [-0.1, -0.05) is 6.07 Å². The van der Waals surface area contributed by atoms with Crippen molar-refractivity contribution in [3.05, 3.63) is 66.5 Å². The molecule has 134 valence electrons. The van der Waals surface area contributed by atoms with Crippen LogP contribution in [0.15, 0.2) is 55.1 Å². The monoisotopic (exact) mass is 349 g/mol. The summed E-state index contributed by atoms with van der Waals surface area (Å²) < 4.78 is 3.98. The van der Waals surface area contributed by atoms with Gasteiger partial charge >= 0.3 is 0 Å². The van der Waals surface area contributed by atoms with Gasteiger partial charge in [-0.3, -0.25) is 4.79 Å². The lowest BCUT2D eigenvalue weighted by Crippen LogP contribution is -2.38. The highest BCUT2D eigenvalue weighted by molar-refractivity contribution is 5.94. The molecule has 6 nitrogen and oxygen atoms in total. The molecule has 1 amide bonds. The summed E-state index contributed by atoms with van der Waals surface area (Å²) in [7, 11) is 0. The Hall–Kier alpha value is -2.89. The van der Waals surface area contributed by atoms with Crippen LogP contribution in [0.3, 0.4) is 0 Å². The summed E-state index contributed by atoms with van der Waals surface area (Å²) in [4.78, 5) is 19.4. The molecular formula is C20H23N5O. The molecule has 2 aromatic heterocycles. The average molecular weight is 349 g/mol. The molecule has 0 unspecified atom stereocenters. The fourth-order valence-corrected chi connectivity index (χ4v) is 3.67. The van der Waals surface area contributed by atoms with E-state index < -0.39 is 0 Å². The van der Waals surface area contributed by atoms with Crippen LogP contribution in [-0.2, 0) is 6.54 Å². The van der Waals surface area contributed by atoms with Crippen LogP contribution in [-0.4, -0.2) is 43.2 Å². The van der Waals surface area contributed by atoms with Crippen LogP contribution in [0, 0.1) is 0 Å². The summed E-state index contributed by atoms with van der Waals surface area (Å²) in [5.41, 5.74) is 1.62. The molecule has 26 heavy (non-hydrogen) atoms. The second-order valence-corrected chi connectivity index (χ2v) is 6.64. The molecular weight excluding hydrogens is 326 g/mol. The third-order valence-electron chi connectivity index (χ3n) is 5.10. The fraction of sp³-hybridized carbons (Fsp3) is 0.350. The van der Waals surface area contributed by atoms with Gasteiger partial charge in [-0.2, -0.15) is 5.10 Å². The molecule has 3 heterocycles. The minimum Gasteiger partial charge on any atom is -0.339 e. The largest absolute Gasteiger partial charge is 0.339 e. The predicted octanol–water partition coefficient (Wildman–Crippen LogP) is 3.11. The maximum atomic E-state index is 12.9. The van der Waals surface area contributed by atoms with Crippen LogP contribution in [0.2, 0.25) is 0 Å². The Morgan fingerprint density at radius 1 is 1.15 bits per heavy atom. The number of imidazole rings is 1. The first-order valence-electron chi connectivity index (χ1n) is 9.16. The van der Waals surface area contributed by atoms with Crippen molar-refractivity contribution in [2.24, 2.45) is 0 Å². The zero-order chi connectivity index (χ0) is 17.9. The van der Waals surface area contributed by atoms with Crippen molar-refractivity contribution in [1.82, 2.24) is 24.2 Å². The number of benzene rings is 1. The molecule has 0 aliphatic carbocycles. The molecule has 1 aromatic carbocycles. The number of likely N-dealkylation sites (tertiary alicyclic amines) is 1. The van der Waals surface area contributed by atoms with Crippen LogP contribution in [0.4, 0.5) is 0 Å². The third-order valence-corrected chi connectivity index (χ3v) is 5.10. The zero-order valence-electron chi connectivity index (χ0n) is 15.0. The second-order valence-electron chi connectivity index (χ2n) is 6.64. The van der Waals surface area contributed by atoms with Gasteiger partial charge in [-0.25, -0.2) is 9.67 Å². The Labute approximate surface area is 153 Å². The molecule has 1 fully saturated rings. The average Bonchev–Trinajstić information content (AvgIpc) is 3.39. The zero-order valence-corrected chi connectivity index (χ0v) is 15.0. The number of hydrogen-bond acceptors (Lipinski definition) is 3. The van der Waals surface area contributed by atoms with Gasteiger partial charge in [-0.05, 0) is 44.0 Å². The van der Waals surface area contributed by atoms with Gasteiger partial charge in [0.15, 0.2) is 0 Å². The van der Waals surface area contributed by atoms with E-state index in [1.54, 1.807) is 10.9 Å². The van der Waals surface area contributed by atoms with Gasteiger partial charge in [0.2, 0.25) is 0 Å². The van der Waals surface area contributed by atoms with Gasteiger partial charge in [0.1, 0.15) is 5.82 Å². The number of nitrogens with zero attached hydrogens (tertiary/aromatic N) is 5. The summed E-state index contributed by atoms with van der Waals surface area (Å²) in [6, 6.07) is 9.53. The van der Waals surface area contributed by atoms with Crippen molar-refractivity contribution in [3.8, 4) is 5.69 Å². The number of amides is 1. The molecule has 1 aliphatic rings. The van der Waals surface area contributed by atoms with Gasteiger partial charge in [0.05, 0.1) is 5.69 Å². The van der Waals surface area contributed by atoms with E-state index in [4.69, 9.17) is 0 Å². The van der Waals surface area contributed by atoms with Crippen molar-refractivity contribution in [1.29, 1.82) is 0 Å². The number of carbonyl (C=O) groups excluding carboxylic acids is 1. The van der Waals surface area contributed by atoms with Gasteiger partial charge in [0, 0.05) is 55.9 Å². The van der Waals surface area contributed by atoms with Crippen molar-refractivity contribution in [2.75, 3.05) is 13.1 Å². The Morgan fingerprint density at radius 3 is 2.73 bits per heavy atom. The minimum atomic E-state index is 0.0938. The molecule has 6 heteroatoms. The second kappa shape index (κ2) is 7.15. The fourth-order valence-electron chi connectivity index (χ4n) is 3.67. The highest BCUT2D eigenvalue weighted by Gasteiger charge is 2.26. The lowest BCUT2D eigenvalue weighted by Gasteiger charge is -2.32. The van der Waals surface area contributed by atoms with Crippen LogP contribution in [0.25, 0.3) is 5.69 Å². The third kappa shape index (κ3) is 3.14. The number of aromatic nitrogens is 4. The lowest BCUT2D eigenvalue weighted by atomic mass is 9.95. The Bertz CT molecular complexity index is 875. The van der Waals surface area contributed by atoms with E-state index in [1.807, 2.05) is 53.8 Å². The standard InChI is InChI=1S/C20H23N5O/c1-2-23-14-10-21-19(23)16-7-12-24(13-8-16)20(26)17-5-3-6-18(15-17)25-11-4-9-22-25/h3-6,9-11,14-16H,2,7-8,12-13H2,1H3. The number of aryl methyl sites for hydroxylation is 1. The van der Waals surface area contributed by atoms with Crippen molar-refractivity contribution in [3.63, 3.8) is 0 Å². The van der Waals surface area contributed by atoms with E-state index in [-0.39, 0.29) is 5.91 Å². The van der Waals surface area contributed by atoms with Crippen LogP contribution >= 0.6 is 0 Å². The molecule has 1 aliphatic heterocycles. The Balaban J connectivity index is 1.45. The molecule has 0 atom stereocenters. The number of carbonyl (C=O) groups is 1. The highest BCUT2D eigenvalue weighted by Crippen LogP contribution is 2.27. The lowest BCUT2D eigenvalue weighted by molar-refractivity contribution is 0.0710. The summed E-state index contributed by atoms with van der Waals surface area (Å²) in [5, 5.41) is 4.24. The number of hydrogen-bond donors (Lipinski definition) is 0. The van der Waals surface area contributed by atoms with E-state index in [0.29, 0.717) is 11.5 Å². The normalized spacial score (nSPS) is 15.3. The van der Waals surface area contributed by atoms with Gasteiger partial charge in [-0.15, -0.1) is 0 Å². The molecule has 3 aromatic rings. The summed E-state index contributed by atoms with van der Waals surface area (Å²) in [5.74, 6) is 1.68. The van der Waals surface area contributed by atoms with Crippen molar-refractivity contribution >= 4 is 5.91 Å². The van der Waals surface area contributed by atoms with E-state index >= 15 is 0 Å². The van der Waals surface area contributed by atoms with Crippen LogP contribution < -0.4 is 0 Å². The summed E-state index contributed by atoms with van der Waals surface area (Å²) in [6.45, 7) is 4.61. The smallest absolute Gasteiger partial charge is 0.253 e. The van der Waals surface area contributed by atoms with Crippen molar-refractivity contribution in [2.45, 2.75) is 32.2 Å². The number of piperidine rings is 1. The quantitative estimate of drug-likeness (QED) is 0.727. The van der Waals surface area contributed by atoms with E-state index in [0.717, 1.165) is 44.0 Å². The van der Waals surface area contributed by atoms with E-state index in [1.165, 1.54) is 0 Å². The van der Waals surface area contributed by atoms with Crippen molar-refractivity contribution < 1.29 is 4.79 Å². The minimum absolute atomic E-state index is 0.0938.